The van der Waals surface area contributed by atoms with Crippen LogP contribution in [0.2, 0.25) is 0 Å². The molecule has 0 spiro atoms. The van der Waals surface area contributed by atoms with Gasteiger partial charge in [-0.25, -0.2) is 0 Å². The number of hydrogen-bond donors (Lipinski definition) is 1. The molecule has 1 fully saturated rings. The molecule has 6 nitrogen and oxygen atoms in total. The van der Waals surface area contributed by atoms with E-state index in [-0.39, 0.29) is 11.9 Å². The normalized spacial score (nSPS) is 19.2. The molecule has 3 rings (SSSR count). The average Bonchev–Trinajstić information content (AvgIpc) is 3.00. The fourth-order valence-corrected chi connectivity index (χ4v) is 4.53. The van der Waals surface area contributed by atoms with Crippen molar-refractivity contribution in [1.29, 1.82) is 0 Å². The molecule has 1 aliphatic rings. The molecular formula is C23H32N2O4. The number of nitrogens with two attached hydrogens (primary N) is 1. The Morgan fingerprint density at radius 1 is 1.24 bits per heavy atom. The SMILES string of the molecule is CCOC(=O)CCCOc1ccc2c(c1)cc(C)n2C1CCCC(CC(N)=O)C1. The maximum absolute atomic E-state index is 11.4. The highest BCUT2D eigenvalue weighted by atomic mass is 16.5. The minimum Gasteiger partial charge on any atom is -0.494 e. The summed E-state index contributed by atoms with van der Waals surface area (Å²) in [5.41, 5.74) is 7.85. The zero-order chi connectivity index (χ0) is 20.8. The number of aromatic nitrogens is 1. The van der Waals surface area contributed by atoms with E-state index in [4.69, 9.17) is 15.2 Å². The maximum Gasteiger partial charge on any atom is 0.305 e. The summed E-state index contributed by atoms with van der Waals surface area (Å²) in [6.45, 7) is 4.85. The largest absolute Gasteiger partial charge is 0.494 e. The number of primary amides is 1. The third kappa shape index (κ3) is 5.52. The summed E-state index contributed by atoms with van der Waals surface area (Å²) in [7, 11) is 0. The molecule has 0 bridgehead atoms. The third-order valence-corrected chi connectivity index (χ3v) is 5.71. The number of ether oxygens (including phenoxy) is 2. The maximum atomic E-state index is 11.4. The zero-order valence-corrected chi connectivity index (χ0v) is 17.5. The van der Waals surface area contributed by atoms with E-state index < -0.39 is 0 Å². The van der Waals surface area contributed by atoms with Crippen LogP contribution in [0.1, 0.15) is 63.6 Å². The molecule has 6 heteroatoms. The van der Waals surface area contributed by atoms with Crippen molar-refractivity contribution in [2.45, 2.75) is 64.8 Å². The molecule has 1 aliphatic carbocycles. The summed E-state index contributed by atoms with van der Waals surface area (Å²) in [6, 6.07) is 8.76. The Hall–Kier alpha value is -2.50. The molecule has 29 heavy (non-hydrogen) atoms. The van der Waals surface area contributed by atoms with Gasteiger partial charge in [-0.1, -0.05) is 6.42 Å². The number of fused-ring (bicyclic) bond motifs is 1. The number of amides is 1. The van der Waals surface area contributed by atoms with Crippen LogP contribution in [-0.4, -0.2) is 29.7 Å². The number of benzene rings is 1. The van der Waals surface area contributed by atoms with Crippen molar-refractivity contribution >= 4 is 22.8 Å². The summed E-state index contributed by atoms with van der Waals surface area (Å²) in [5.74, 6) is 0.815. The highest BCUT2D eigenvalue weighted by molar-refractivity contribution is 5.83. The van der Waals surface area contributed by atoms with Gasteiger partial charge in [-0.2, -0.15) is 0 Å². The summed E-state index contributed by atoms with van der Waals surface area (Å²) in [6.07, 6.45) is 5.84. The van der Waals surface area contributed by atoms with E-state index in [9.17, 15) is 9.59 Å². The second-order valence-corrected chi connectivity index (χ2v) is 7.99. The Kier molecular flexibility index (Phi) is 7.18. The fourth-order valence-electron chi connectivity index (χ4n) is 4.53. The number of esters is 1. The highest BCUT2D eigenvalue weighted by Crippen LogP contribution is 2.38. The molecule has 158 valence electrons. The minimum atomic E-state index is -0.200. The Morgan fingerprint density at radius 2 is 2.07 bits per heavy atom. The van der Waals surface area contributed by atoms with Gasteiger partial charge in [-0.05, 0) is 69.7 Å². The van der Waals surface area contributed by atoms with Gasteiger partial charge in [0, 0.05) is 35.5 Å². The summed E-state index contributed by atoms with van der Waals surface area (Å²) in [5, 5.41) is 1.16. The lowest BCUT2D eigenvalue weighted by Gasteiger charge is -2.31. The van der Waals surface area contributed by atoms with Crippen molar-refractivity contribution in [1.82, 2.24) is 4.57 Å². The molecule has 1 saturated carbocycles. The lowest BCUT2D eigenvalue weighted by atomic mass is 9.83. The van der Waals surface area contributed by atoms with Gasteiger partial charge in [0.1, 0.15) is 5.75 Å². The van der Waals surface area contributed by atoms with Crippen molar-refractivity contribution in [2.24, 2.45) is 11.7 Å². The molecular weight excluding hydrogens is 368 g/mol. The third-order valence-electron chi connectivity index (χ3n) is 5.71. The predicted octanol–water partition coefficient (Wildman–Crippen LogP) is 4.28. The molecule has 1 heterocycles. The van der Waals surface area contributed by atoms with Gasteiger partial charge in [0.25, 0.3) is 0 Å². The highest BCUT2D eigenvalue weighted by Gasteiger charge is 2.26. The monoisotopic (exact) mass is 400 g/mol. The van der Waals surface area contributed by atoms with Gasteiger partial charge in [0.2, 0.25) is 5.91 Å². The Balaban J connectivity index is 1.66. The first-order chi connectivity index (χ1) is 14.0. The molecule has 2 N–H and O–H groups in total. The first kappa shape index (κ1) is 21.2. The van der Waals surface area contributed by atoms with Crippen LogP contribution >= 0.6 is 0 Å². The van der Waals surface area contributed by atoms with Crippen LogP contribution in [0.15, 0.2) is 24.3 Å². The van der Waals surface area contributed by atoms with E-state index >= 15 is 0 Å². The summed E-state index contributed by atoms with van der Waals surface area (Å²) >= 11 is 0. The smallest absolute Gasteiger partial charge is 0.305 e. The van der Waals surface area contributed by atoms with Crippen LogP contribution < -0.4 is 10.5 Å². The summed E-state index contributed by atoms with van der Waals surface area (Å²) in [4.78, 5) is 22.7. The van der Waals surface area contributed by atoms with Crippen LogP contribution in [0.4, 0.5) is 0 Å². The van der Waals surface area contributed by atoms with Crippen LogP contribution in [0, 0.1) is 12.8 Å². The Bertz CT molecular complexity index is 858. The van der Waals surface area contributed by atoms with Gasteiger partial charge in [-0.3, -0.25) is 9.59 Å². The molecule has 1 amide bonds. The number of carbonyl (C=O) groups is 2. The average molecular weight is 401 g/mol. The topological polar surface area (TPSA) is 83.6 Å². The second kappa shape index (κ2) is 9.81. The van der Waals surface area contributed by atoms with Crippen molar-refractivity contribution in [2.75, 3.05) is 13.2 Å². The number of hydrogen-bond acceptors (Lipinski definition) is 4. The molecule has 2 aromatic rings. The summed E-state index contributed by atoms with van der Waals surface area (Å²) < 4.78 is 13.2. The first-order valence-corrected chi connectivity index (χ1v) is 10.7. The van der Waals surface area contributed by atoms with E-state index in [1.165, 1.54) is 11.2 Å². The fraction of sp³-hybridized carbons (Fsp3) is 0.565. The van der Waals surface area contributed by atoms with Gasteiger partial charge < -0.3 is 19.8 Å². The van der Waals surface area contributed by atoms with Gasteiger partial charge in [0.05, 0.1) is 13.2 Å². The zero-order valence-electron chi connectivity index (χ0n) is 17.5. The molecule has 2 atom stereocenters. The first-order valence-electron chi connectivity index (χ1n) is 10.7. The Labute approximate surface area is 172 Å². The Morgan fingerprint density at radius 3 is 2.83 bits per heavy atom. The van der Waals surface area contributed by atoms with Crippen LogP contribution in [0.5, 0.6) is 5.75 Å². The quantitative estimate of drug-likeness (QED) is 0.503. The van der Waals surface area contributed by atoms with Gasteiger partial charge >= 0.3 is 5.97 Å². The van der Waals surface area contributed by atoms with Crippen molar-refractivity contribution in [3.63, 3.8) is 0 Å². The molecule has 2 unspecified atom stereocenters. The van der Waals surface area contributed by atoms with E-state index in [1.807, 2.05) is 13.0 Å². The van der Waals surface area contributed by atoms with E-state index in [0.717, 1.165) is 36.8 Å². The second-order valence-electron chi connectivity index (χ2n) is 7.99. The predicted molar refractivity (Wildman–Crippen MR) is 113 cm³/mol. The van der Waals surface area contributed by atoms with Crippen molar-refractivity contribution < 1.29 is 19.1 Å². The number of rotatable bonds is 9. The molecule has 0 aliphatic heterocycles. The van der Waals surface area contributed by atoms with Gasteiger partial charge in [0.15, 0.2) is 0 Å². The van der Waals surface area contributed by atoms with E-state index in [0.29, 0.717) is 44.4 Å². The van der Waals surface area contributed by atoms with E-state index in [1.54, 1.807) is 0 Å². The molecule has 0 saturated heterocycles. The number of carbonyl (C=O) groups excluding carboxylic acids is 2. The minimum absolute atomic E-state index is 0.179. The van der Waals surface area contributed by atoms with Crippen LogP contribution in [0.25, 0.3) is 10.9 Å². The lowest BCUT2D eigenvalue weighted by Crippen LogP contribution is -2.24. The van der Waals surface area contributed by atoms with Gasteiger partial charge in [-0.15, -0.1) is 0 Å². The van der Waals surface area contributed by atoms with Crippen LogP contribution in [0.3, 0.4) is 0 Å². The number of aryl methyl sites for hydroxylation is 1. The molecule has 1 aromatic carbocycles. The van der Waals surface area contributed by atoms with Crippen molar-refractivity contribution in [3.05, 3.63) is 30.0 Å². The molecule has 0 radical (unpaired) electrons. The lowest BCUT2D eigenvalue weighted by molar-refractivity contribution is -0.143. The van der Waals surface area contributed by atoms with Crippen molar-refractivity contribution in [3.8, 4) is 5.75 Å². The molecule has 1 aromatic heterocycles. The van der Waals surface area contributed by atoms with E-state index in [2.05, 4.69) is 29.7 Å². The standard InChI is InChI=1S/C23H32N2O4/c1-3-28-23(27)8-5-11-29-20-9-10-21-18(15-20)12-16(2)25(21)19-7-4-6-17(13-19)14-22(24)26/h9-10,12,15,17,19H,3-8,11,13-14H2,1-2H3,(H2,24,26). The number of nitrogens with zero attached hydrogens (tertiary/aromatic N) is 1. The van der Waals surface area contributed by atoms with Crippen LogP contribution in [-0.2, 0) is 14.3 Å².